The van der Waals surface area contributed by atoms with E-state index in [0.29, 0.717) is 6.61 Å². The molecule has 3 rings (SSSR count). The van der Waals surface area contributed by atoms with Crippen molar-refractivity contribution >= 4 is 15.9 Å². The molecule has 0 aliphatic heterocycles. The molecule has 4 heteroatoms. The number of hydrogen-bond acceptors (Lipinski definition) is 2. The molecule has 0 amide bonds. The van der Waals surface area contributed by atoms with Crippen molar-refractivity contribution in [2.75, 3.05) is 13.2 Å². The third-order valence-electron chi connectivity index (χ3n) is 6.00. The highest BCUT2D eigenvalue weighted by molar-refractivity contribution is 9.10. The molecule has 1 atom stereocenters. The van der Waals surface area contributed by atoms with Crippen molar-refractivity contribution in [1.29, 1.82) is 0 Å². The molecule has 0 radical (unpaired) electrons. The Kier molecular flexibility index (Phi) is 7.63. The number of ether oxygens (including phenoxy) is 1. The fraction of sp³-hybridized carbons (Fsp3) is 0.714. The lowest BCUT2D eigenvalue weighted by atomic mass is 9.88. The number of aliphatic hydroxyl groups is 1. The van der Waals surface area contributed by atoms with E-state index in [0.717, 1.165) is 28.9 Å². The van der Waals surface area contributed by atoms with Crippen LogP contribution in [0.1, 0.15) is 64.2 Å². The highest BCUT2D eigenvalue weighted by atomic mass is 79.9. The van der Waals surface area contributed by atoms with Gasteiger partial charge in [0.05, 0.1) is 16.6 Å². The van der Waals surface area contributed by atoms with Crippen LogP contribution in [0, 0.1) is 0 Å². The predicted octanol–water partition coefficient (Wildman–Crippen LogP) is 3.74. The number of benzene rings is 1. The molecular weight excluding hydrogens is 378 g/mol. The summed E-state index contributed by atoms with van der Waals surface area (Å²) in [6.07, 6.45) is 13.2. The summed E-state index contributed by atoms with van der Waals surface area (Å²) in [6, 6.07) is 9.36. The van der Waals surface area contributed by atoms with E-state index in [4.69, 9.17) is 4.74 Å². The number of aliphatic hydroxyl groups excluding tert-OH is 1. The van der Waals surface area contributed by atoms with E-state index in [9.17, 15) is 5.11 Å². The summed E-state index contributed by atoms with van der Waals surface area (Å²) < 4.78 is 6.81. The molecule has 0 heterocycles. The van der Waals surface area contributed by atoms with Crippen molar-refractivity contribution in [3.63, 3.8) is 0 Å². The maximum atomic E-state index is 10.7. The Morgan fingerprint density at radius 3 is 2.08 bits per heavy atom. The van der Waals surface area contributed by atoms with Crippen molar-refractivity contribution in [2.24, 2.45) is 0 Å². The smallest absolute Gasteiger partial charge is 0.137 e. The summed E-state index contributed by atoms with van der Waals surface area (Å²) in [6.45, 7) is 1.21. The normalized spacial score (nSPS) is 21.4. The molecule has 25 heavy (non-hydrogen) atoms. The van der Waals surface area contributed by atoms with E-state index in [-0.39, 0.29) is 0 Å². The molecule has 0 bridgehead atoms. The molecule has 0 spiro atoms. The lowest BCUT2D eigenvalue weighted by Gasteiger charge is -2.39. The van der Waals surface area contributed by atoms with Crippen molar-refractivity contribution in [2.45, 2.75) is 82.4 Å². The first kappa shape index (κ1) is 19.2. The van der Waals surface area contributed by atoms with Crippen LogP contribution in [0.4, 0.5) is 0 Å². The van der Waals surface area contributed by atoms with Gasteiger partial charge in [-0.3, -0.25) is 0 Å². The zero-order valence-corrected chi connectivity index (χ0v) is 16.8. The highest BCUT2D eigenvalue weighted by Crippen LogP contribution is 2.24. The molecular formula is C21H33BrNO2+. The Morgan fingerprint density at radius 2 is 1.52 bits per heavy atom. The molecule has 140 valence electrons. The Hall–Kier alpha value is -0.580. The maximum Gasteiger partial charge on any atom is 0.137 e. The fourth-order valence-electron chi connectivity index (χ4n) is 4.69. The van der Waals surface area contributed by atoms with Crippen LogP contribution in [-0.4, -0.2) is 36.4 Å². The Morgan fingerprint density at radius 1 is 0.960 bits per heavy atom. The average molecular weight is 411 g/mol. The first-order valence-corrected chi connectivity index (χ1v) is 10.9. The Labute approximate surface area is 160 Å². The number of nitrogens with one attached hydrogen (secondary N) is 1. The lowest BCUT2D eigenvalue weighted by Crippen LogP contribution is -3.20. The topological polar surface area (TPSA) is 33.9 Å². The van der Waals surface area contributed by atoms with Crippen molar-refractivity contribution in [1.82, 2.24) is 0 Å². The van der Waals surface area contributed by atoms with Crippen LogP contribution >= 0.6 is 15.9 Å². The molecule has 0 unspecified atom stereocenters. The zero-order chi connectivity index (χ0) is 17.5. The molecule has 0 saturated heterocycles. The van der Waals surface area contributed by atoms with E-state index in [2.05, 4.69) is 15.9 Å². The first-order chi connectivity index (χ1) is 12.2. The third kappa shape index (κ3) is 5.70. The molecule has 2 aliphatic rings. The van der Waals surface area contributed by atoms with Gasteiger partial charge < -0.3 is 14.7 Å². The van der Waals surface area contributed by atoms with Gasteiger partial charge in [0.15, 0.2) is 0 Å². The molecule has 2 N–H and O–H groups in total. The van der Waals surface area contributed by atoms with Gasteiger partial charge in [0, 0.05) is 0 Å². The second-order valence-corrected chi connectivity index (χ2v) is 8.70. The van der Waals surface area contributed by atoms with E-state index in [1.807, 2.05) is 24.3 Å². The minimum atomic E-state index is -0.397. The number of hydrogen-bond donors (Lipinski definition) is 2. The predicted molar refractivity (Wildman–Crippen MR) is 105 cm³/mol. The number of halogens is 1. The van der Waals surface area contributed by atoms with Gasteiger partial charge in [-0.1, -0.05) is 25.0 Å². The van der Waals surface area contributed by atoms with Crippen molar-refractivity contribution in [3.8, 4) is 5.75 Å². The van der Waals surface area contributed by atoms with Crippen LogP contribution in [0.2, 0.25) is 0 Å². The largest absolute Gasteiger partial charge is 0.489 e. The van der Waals surface area contributed by atoms with Crippen LogP contribution in [0.15, 0.2) is 28.7 Å². The monoisotopic (exact) mass is 410 g/mol. The van der Waals surface area contributed by atoms with E-state index < -0.39 is 6.10 Å². The molecule has 2 saturated carbocycles. The summed E-state index contributed by atoms with van der Waals surface area (Å²) in [5.74, 6) is 0.818. The number of rotatable bonds is 7. The van der Waals surface area contributed by atoms with Crippen LogP contribution in [-0.2, 0) is 0 Å². The van der Waals surface area contributed by atoms with E-state index in [1.165, 1.54) is 64.2 Å². The van der Waals surface area contributed by atoms with Crippen LogP contribution in [0.5, 0.6) is 5.75 Å². The van der Waals surface area contributed by atoms with Gasteiger partial charge >= 0.3 is 0 Å². The molecule has 1 aromatic carbocycles. The van der Waals surface area contributed by atoms with Crippen LogP contribution in [0.3, 0.4) is 0 Å². The third-order valence-corrected chi connectivity index (χ3v) is 6.65. The quantitative estimate of drug-likeness (QED) is 0.717. The van der Waals surface area contributed by atoms with E-state index >= 15 is 0 Å². The molecule has 0 aromatic heterocycles. The van der Waals surface area contributed by atoms with Crippen LogP contribution in [0.25, 0.3) is 0 Å². The van der Waals surface area contributed by atoms with Crippen molar-refractivity contribution in [3.05, 3.63) is 28.7 Å². The SMILES string of the molecule is O[C@H](COc1ccccc1Br)C[NH+](C1CCCCC1)C1CCCCC1. The lowest BCUT2D eigenvalue weighted by molar-refractivity contribution is -0.955. The summed E-state index contributed by atoms with van der Waals surface area (Å²) in [5.41, 5.74) is 0. The Balaban J connectivity index is 1.57. The maximum absolute atomic E-state index is 10.7. The van der Waals surface area contributed by atoms with Gasteiger partial charge in [0.2, 0.25) is 0 Å². The molecule has 1 aromatic rings. The summed E-state index contributed by atoms with van der Waals surface area (Å²) in [7, 11) is 0. The summed E-state index contributed by atoms with van der Waals surface area (Å²) >= 11 is 3.51. The van der Waals surface area contributed by atoms with Crippen LogP contribution < -0.4 is 9.64 Å². The summed E-state index contributed by atoms with van der Waals surface area (Å²) in [5, 5.41) is 10.7. The number of quaternary nitrogens is 1. The van der Waals surface area contributed by atoms with Gasteiger partial charge in [-0.2, -0.15) is 0 Å². The summed E-state index contributed by atoms with van der Waals surface area (Å²) in [4.78, 5) is 1.67. The van der Waals surface area contributed by atoms with Crippen molar-refractivity contribution < 1.29 is 14.7 Å². The molecule has 3 nitrogen and oxygen atoms in total. The van der Waals surface area contributed by atoms with E-state index in [1.54, 1.807) is 4.90 Å². The van der Waals surface area contributed by atoms with Gasteiger partial charge in [0.1, 0.15) is 25.0 Å². The second kappa shape index (κ2) is 9.94. The first-order valence-electron chi connectivity index (χ1n) is 10.1. The minimum absolute atomic E-state index is 0.381. The minimum Gasteiger partial charge on any atom is -0.489 e. The number of para-hydroxylation sites is 1. The Bertz CT molecular complexity index is 494. The zero-order valence-electron chi connectivity index (χ0n) is 15.3. The highest BCUT2D eigenvalue weighted by Gasteiger charge is 2.33. The van der Waals surface area contributed by atoms with Gasteiger partial charge in [-0.25, -0.2) is 0 Å². The second-order valence-electron chi connectivity index (χ2n) is 7.84. The standard InChI is InChI=1S/C21H32BrNO2/c22-20-13-7-8-14-21(20)25-16-19(24)15-23(17-9-3-1-4-10-17)18-11-5-2-6-12-18/h7-8,13-14,17-19,24H,1-6,9-12,15-16H2/p+1/t19-/m0/s1. The van der Waals surface area contributed by atoms with Gasteiger partial charge in [-0.05, 0) is 79.4 Å². The average Bonchev–Trinajstić information content (AvgIpc) is 2.67. The molecule has 2 fully saturated rings. The van der Waals surface area contributed by atoms with Gasteiger partial charge in [0.25, 0.3) is 0 Å². The van der Waals surface area contributed by atoms with Gasteiger partial charge in [-0.15, -0.1) is 0 Å². The molecule has 2 aliphatic carbocycles. The fourth-order valence-corrected chi connectivity index (χ4v) is 5.09.